The summed E-state index contributed by atoms with van der Waals surface area (Å²) in [5, 5.41) is 0. The predicted molar refractivity (Wildman–Crippen MR) is 84.8 cm³/mol. The molecule has 1 saturated carbocycles. The van der Waals surface area contributed by atoms with Gasteiger partial charge >= 0.3 is 0 Å². The van der Waals surface area contributed by atoms with Crippen LogP contribution in [-0.4, -0.2) is 13.2 Å². The quantitative estimate of drug-likeness (QED) is 0.755. The van der Waals surface area contributed by atoms with Gasteiger partial charge in [-0.15, -0.1) is 0 Å². The molecule has 1 aromatic carbocycles. The van der Waals surface area contributed by atoms with Crippen molar-refractivity contribution in [3.8, 4) is 0 Å². The van der Waals surface area contributed by atoms with Crippen LogP contribution in [0, 0.1) is 29.4 Å². The van der Waals surface area contributed by atoms with Crippen LogP contribution in [0.2, 0.25) is 0 Å². The summed E-state index contributed by atoms with van der Waals surface area (Å²) < 4.78 is 38.3. The largest absolute Gasteiger partial charge is 0.348 e. The minimum atomic E-state index is -0.705. The van der Waals surface area contributed by atoms with Crippen LogP contribution < -0.4 is 0 Å². The highest BCUT2D eigenvalue weighted by Gasteiger charge is 2.33. The van der Waals surface area contributed by atoms with Crippen LogP contribution in [0.5, 0.6) is 0 Å². The van der Waals surface area contributed by atoms with Crippen molar-refractivity contribution in [3.63, 3.8) is 0 Å². The summed E-state index contributed by atoms with van der Waals surface area (Å²) >= 11 is 0. The van der Waals surface area contributed by atoms with E-state index in [1.807, 2.05) is 0 Å². The Hall–Kier alpha value is -1.00. The average Bonchev–Trinajstić information content (AvgIpc) is 2.56. The lowest BCUT2D eigenvalue weighted by atomic mass is 9.75. The fourth-order valence-electron chi connectivity index (χ4n) is 4.02. The molecule has 0 atom stereocenters. The Morgan fingerprint density at radius 2 is 1.70 bits per heavy atom. The first-order valence-corrected chi connectivity index (χ1v) is 8.85. The van der Waals surface area contributed by atoms with Gasteiger partial charge in [-0.3, -0.25) is 0 Å². The summed E-state index contributed by atoms with van der Waals surface area (Å²) in [5.41, 5.74) is 0.288. The smallest absolute Gasteiger partial charge is 0.186 e. The van der Waals surface area contributed by atoms with Crippen molar-refractivity contribution in [3.05, 3.63) is 35.4 Å². The van der Waals surface area contributed by atoms with E-state index in [4.69, 9.17) is 9.47 Å². The Labute approximate surface area is 137 Å². The number of rotatable bonds is 4. The fraction of sp³-hybridized carbons (Fsp3) is 0.684. The van der Waals surface area contributed by atoms with E-state index in [1.54, 1.807) is 0 Å². The Balaban J connectivity index is 1.51. The highest BCUT2D eigenvalue weighted by Crippen LogP contribution is 2.38. The third-order valence-electron chi connectivity index (χ3n) is 5.39. The first-order valence-electron chi connectivity index (χ1n) is 8.85. The molecule has 2 aliphatic rings. The lowest BCUT2D eigenvalue weighted by molar-refractivity contribution is -0.215. The molecule has 1 aliphatic heterocycles. The topological polar surface area (TPSA) is 18.5 Å². The van der Waals surface area contributed by atoms with Crippen LogP contribution in [0.15, 0.2) is 18.2 Å². The van der Waals surface area contributed by atoms with E-state index in [2.05, 4.69) is 6.92 Å². The number of halogens is 2. The lowest BCUT2D eigenvalue weighted by Crippen LogP contribution is -2.34. The number of ether oxygens (including phenoxy) is 2. The summed E-state index contributed by atoms with van der Waals surface area (Å²) in [7, 11) is 0. The zero-order valence-electron chi connectivity index (χ0n) is 13.8. The van der Waals surface area contributed by atoms with Gasteiger partial charge in [0.25, 0.3) is 0 Å². The molecule has 1 aliphatic carbocycles. The fourth-order valence-corrected chi connectivity index (χ4v) is 4.02. The molecule has 0 bridgehead atoms. The molecular formula is C19H26F2O2. The van der Waals surface area contributed by atoms with Gasteiger partial charge in [0.15, 0.2) is 6.29 Å². The van der Waals surface area contributed by atoms with Crippen molar-refractivity contribution in [2.45, 2.75) is 51.7 Å². The molecular weight excluding hydrogens is 298 g/mol. The summed E-state index contributed by atoms with van der Waals surface area (Å²) in [4.78, 5) is 0. The van der Waals surface area contributed by atoms with E-state index in [9.17, 15) is 8.78 Å². The van der Waals surface area contributed by atoms with Gasteiger partial charge < -0.3 is 9.47 Å². The van der Waals surface area contributed by atoms with Gasteiger partial charge in [0.2, 0.25) is 0 Å². The second kappa shape index (κ2) is 7.71. The highest BCUT2D eigenvalue weighted by molar-refractivity contribution is 5.20. The van der Waals surface area contributed by atoms with E-state index in [0.29, 0.717) is 25.0 Å². The van der Waals surface area contributed by atoms with Gasteiger partial charge in [0, 0.05) is 17.5 Å². The molecule has 0 spiro atoms. The van der Waals surface area contributed by atoms with Gasteiger partial charge in [-0.1, -0.05) is 32.6 Å². The van der Waals surface area contributed by atoms with Gasteiger partial charge in [-0.2, -0.15) is 0 Å². The van der Waals surface area contributed by atoms with Crippen molar-refractivity contribution in [2.24, 2.45) is 17.8 Å². The number of hydrogen-bond acceptors (Lipinski definition) is 2. The van der Waals surface area contributed by atoms with Gasteiger partial charge in [0.1, 0.15) is 11.6 Å². The zero-order valence-corrected chi connectivity index (χ0v) is 13.8. The van der Waals surface area contributed by atoms with Gasteiger partial charge in [0.05, 0.1) is 13.2 Å². The maximum absolute atomic E-state index is 13.8. The highest BCUT2D eigenvalue weighted by atomic mass is 19.1. The lowest BCUT2D eigenvalue weighted by Gasteiger charge is -2.37. The molecule has 4 heteroatoms. The number of hydrogen-bond donors (Lipinski definition) is 0. The van der Waals surface area contributed by atoms with Crippen LogP contribution in [-0.2, 0) is 9.47 Å². The molecule has 128 valence electrons. The Kier molecular flexibility index (Phi) is 5.65. The van der Waals surface area contributed by atoms with E-state index in [-0.39, 0.29) is 5.56 Å². The Bertz CT molecular complexity index is 504. The van der Waals surface area contributed by atoms with Crippen LogP contribution in [0.4, 0.5) is 8.78 Å². The van der Waals surface area contributed by atoms with E-state index in [1.165, 1.54) is 50.7 Å². The van der Waals surface area contributed by atoms with Crippen LogP contribution in [0.3, 0.4) is 0 Å². The predicted octanol–water partition coefficient (Wildman–Crippen LogP) is 5.23. The SMILES string of the molecule is CCCC1CCC(C2COC(c3ccc(F)cc3F)OC2)CC1. The molecule has 23 heavy (non-hydrogen) atoms. The molecule has 1 heterocycles. The van der Waals surface area contributed by atoms with E-state index < -0.39 is 17.9 Å². The van der Waals surface area contributed by atoms with E-state index in [0.717, 1.165) is 12.0 Å². The van der Waals surface area contributed by atoms with Crippen LogP contribution >= 0.6 is 0 Å². The normalized spacial score (nSPS) is 32.0. The molecule has 0 amide bonds. The van der Waals surface area contributed by atoms with Crippen molar-refractivity contribution < 1.29 is 18.3 Å². The van der Waals surface area contributed by atoms with Crippen LogP contribution in [0.25, 0.3) is 0 Å². The van der Waals surface area contributed by atoms with Crippen molar-refractivity contribution in [1.82, 2.24) is 0 Å². The number of benzene rings is 1. The monoisotopic (exact) mass is 324 g/mol. The first-order chi connectivity index (χ1) is 11.2. The maximum Gasteiger partial charge on any atom is 0.186 e. The third kappa shape index (κ3) is 4.10. The molecule has 2 fully saturated rings. The minimum Gasteiger partial charge on any atom is -0.348 e. The van der Waals surface area contributed by atoms with Gasteiger partial charge in [-0.25, -0.2) is 8.78 Å². The summed E-state index contributed by atoms with van der Waals surface area (Å²) in [6, 6.07) is 3.53. The third-order valence-corrected chi connectivity index (χ3v) is 5.39. The van der Waals surface area contributed by atoms with Crippen molar-refractivity contribution >= 4 is 0 Å². The van der Waals surface area contributed by atoms with Crippen LogP contribution in [0.1, 0.15) is 57.3 Å². The molecule has 1 saturated heterocycles. The first kappa shape index (κ1) is 16.8. The maximum atomic E-state index is 13.8. The van der Waals surface area contributed by atoms with Crippen molar-refractivity contribution in [2.75, 3.05) is 13.2 Å². The molecule has 0 aromatic heterocycles. The van der Waals surface area contributed by atoms with E-state index >= 15 is 0 Å². The zero-order chi connectivity index (χ0) is 16.2. The Morgan fingerprint density at radius 1 is 1.00 bits per heavy atom. The molecule has 0 N–H and O–H groups in total. The molecule has 0 unspecified atom stereocenters. The minimum absolute atomic E-state index is 0.288. The molecule has 1 aromatic rings. The molecule has 2 nitrogen and oxygen atoms in total. The Morgan fingerprint density at radius 3 is 2.30 bits per heavy atom. The standard InChI is InChI=1S/C19H26F2O2/c1-2-3-13-4-6-14(7-5-13)15-11-22-19(23-12-15)17-9-8-16(20)10-18(17)21/h8-10,13-15,19H,2-7,11-12H2,1H3. The molecule has 3 rings (SSSR count). The summed E-state index contributed by atoms with van der Waals surface area (Å²) in [5.74, 6) is 0.763. The second-order valence-electron chi connectivity index (χ2n) is 6.99. The summed E-state index contributed by atoms with van der Waals surface area (Å²) in [6.45, 7) is 3.46. The summed E-state index contributed by atoms with van der Waals surface area (Å²) in [6.07, 6.45) is 7.03. The molecule has 0 radical (unpaired) electrons. The average molecular weight is 324 g/mol. The van der Waals surface area contributed by atoms with Crippen molar-refractivity contribution in [1.29, 1.82) is 0 Å². The van der Waals surface area contributed by atoms with Gasteiger partial charge in [-0.05, 0) is 36.8 Å². The second-order valence-corrected chi connectivity index (χ2v) is 6.99.